The number of carbonyl (C=O) groups excluding carboxylic acids is 1. The number of nitrogens with zero attached hydrogens (tertiary/aromatic N) is 3. The zero-order valence-corrected chi connectivity index (χ0v) is 20.5. The van der Waals surface area contributed by atoms with Gasteiger partial charge in [-0.3, -0.25) is 14.7 Å². The third-order valence-corrected chi connectivity index (χ3v) is 8.71. The van der Waals surface area contributed by atoms with E-state index >= 15 is 0 Å². The van der Waals surface area contributed by atoms with Crippen molar-refractivity contribution in [3.63, 3.8) is 0 Å². The number of carbonyl (C=O) groups is 1. The molecular formula is C27H30N4O3S. The van der Waals surface area contributed by atoms with Crippen LogP contribution in [0.5, 0.6) is 0 Å². The lowest BCUT2D eigenvalue weighted by Crippen LogP contribution is -2.44. The Balaban J connectivity index is 1.20. The first-order chi connectivity index (χ1) is 17.0. The van der Waals surface area contributed by atoms with Gasteiger partial charge in [0.25, 0.3) is 5.91 Å². The fourth-order valence-electron chi connectivity index (χ4n) is 4.85. The van der Waals surface area contributed by atoms with Crippen molar-refractivity contribution >= 4 is 15.9 Å². The van der Waals surface area contributed by atoms with Crippen LogP contribution in [0.3, 0.4) is 0 Å². The summed E-state index contributed by atoms with van der Waals surface area (Å²) in [6, 6.07) is 20.3. The van der Waals surface area contributed by atoms with Gasteiger partial charge in [0, 0.05) is 50.5 Å². The maximum atomic E-state index is 13.3. The lowest BCUT2D eigenvalue weighted by molar-refractivity contribution is 0.0908. The van der Waals surface area contributed by atoms with Gasteiger partial charge < -0.3 is 5.32 Å². The molecule has 3 aromatic rings. The van der Waals surface area contributed by atoms with Crippen molar-refractivity contribution in [3.05, 3.63) is 95.3 Å². The van der Waals surface area contributed by atoms with Crippen molar-refractivity contribution in [2.45, 2.75) is 43.3 Å². The van der Waals surface area contributed by atoms with Gasteiger partial charge >= 0.3 is 0 Å². The summed E-state index contributed by atoms with van der Waals surface area (Å²) in [4.78, 5) is 19.9. The fourth-order valence-corrected chi connectivity index (χ4v) is 6.31. The first-order valence-corrected chi connectivity index (χ1v) is 13.5. The minimum absolute atomic E-state index is 0.0707. The number of aromatic nitrogens is 1. The molecule has 0 aliphatic carbocycles. The lowest BCUT2D eigenvalue weighted by atomic mass is 10.0. The second kappa shape index (κ2) is 10.3. The van der Waals surface area contributed by atoms with E-state index in [0.717, 1.165) is 43.7 Å². The van der Waals surface area contributed by atoms with Gasteiger partial charge in [-0.05, 0) is 60.7 Å². The van der Waals surface area contributed by atoms with Crippen LogP contribution in [-0.4, -0.2) is 54.2 Å². The SMILES string of the molecule is O=C(NC1CCN(Cc2ccccn2)CC1)c1cccc(S(=O)(=O)N2CCc3ccccc3C2)c1. The minimum atomic E-state index is -3.69. The number of fused-ring (bicyclic) bond motifs is 1. The van der Waals surface area contributed by atoms with E-state index in [1.807, 2.05) is 42.5 Å². The molecule has 1 amide bonds. The number of hydrogen-bond donors (Lipinski definition) is 1. The quantitative estimate of drug-likeness (QED) is 0.574. The number of likely N-dealkylation sites (tertiary alicyclic amines) is 1. The molecule has 0 radical (unpaired) electrons. The highest BCUT2D eigenvalue weighted by Crippen LogP contribution is 2.25. The Morgan fingerprint density at radius 2 is 1.71 bits per heavy atom. The Morgan fingerprint density at radius 1 is 0.943 bits per heavy atom. The highest BCUT2D eigenvalue weighted by Gasteiger charge is 2.29. The van der Waals surface area contributed by atoms with Gasteiger partial charge in [0.05, 0.1) is 10.6 Å². The fraction of sp³-hybridized carbons (Fsp3) is 0.333. The van der Waals surface area contributed by atoms with Crippen LogP contribution in [0, 0.1) is 0 Å². The van der Waals surface area contributed by atoms with Gasteiger partial charge in [-0.25, -0.2) is 8.42 Å². The van der Waals surface area contributed by atoms with Gasteiger partial charge in [-0.15, -0.1) is 0 Å². The molecule has 8 heteroatoms. The first-order valence-electron chi connectivity index (χ1n) is 12.1. The molecule has 5 rings (SSSR count). The molecule has 0 atom stereocenters. The van der Waals surface area contributed by atoms with Gasteiger partial charge in [0.2, 0.25) is 10.0 Å². The minimum Gasteiger partial charge on any atom is -0.349 e. The van der Waals surface area contributed by atoms with Crippen molar-refractivity contribution in [2.24, 2.45) is 0 Å². The molecule has 1 aromatic heterocycles. The Labute approximate surface area is 206 Å². The Kier molecular flexibility index (Phi) is 6.95. The number of amides is 1. The van der Waals surface area contributed by atoms with E-state index < -0.39 is 10.0 Å². The molecule has 2 aromatic carbocycles. The number of hydrogen-bond acceptors (Lipinski definition) is 5. The molecule has 1 N–H and O–H groups in total. The number of nitrogens with one attached hydrogen (secondary N) is 1. The maximum absolute atomic E-state index is 13.3. The average molecular weight is 491 g/mol. The standard InChI is InChI=1S/C27H30N4O3S/c32-27(29-24-12-15-30(16-13-24)20-25-9-3-4-14-28-25)22-8-5-10-26(18-22)35(33,34)31-17-11-21-6-1-2-7-23(21)19-31/h1-10,14,18,24H,11-13,15-17,19-20H2,(H,29,32). The predicted molar refractivity (Wildman–Crippen MR) is 134 cm³/mol. The van der Waals surface area contributed by atoms with Crippen LogP contribution < -0.4 is 5.32 Å². The number of rotatable bonds is 6. The van der Waals surface area contributed by atoms with Crippen LogP contribution in [0.15, 0.2) is 77.8 Å². The van der Waals surface area contributed by atoms with E-state index in [1.54, 1.807) is 24.4 Å². The Bertz CT molecular complexity index is 1290. The average Bonchev–Trinajstić information content (AvgIpc) is 2.90. The van der Waals surface area contributed by atoms with E-state index in [4.69, 9.17) is 0 Å². The molecule has 0 spiro atoms. The van der Waals surface area contributed by atoms with Crippen LogP contribution in [0.2, 0.25) is 0 Å². The molecule has 7 nitrogen and oxygen atoms in total. The molecule has 0 saturated carbocycles. The van der Waals surface area contributed by atoms with Gasteiger partial charge in [0.15, 0.2) is 0 Å². The highest BCUT2D eigenvalue weighted by atomic mass is 32.2. The second-order valence-electron chi connectivity index (χ2n) is 9.23. The molecule has 3 heterocycles. The third kappa shape index (κ3) is 5.45. The smallest absolute Gasteiger partial charge is 0.251 e. The van der Waals surface area contributed by atoms with Crippen LogP contribution in [-0.2, 0) is 29.5 Å². The van der Waals surface area contributed by atoms with Crippen molar-refractivity contribution in [1.29, 1.82) is 0 Å². The van der Waals surface area contributed by atoms with Crippen LogP contribution in [0.1, 0.15) is 40.0 Å². The van der Waals surface area contributed by atoms with E-state index in [2.05, 4.69) is 15.2 Å². The van der Waals surface area contributed by atoms with Crippen LogP contribution >= 0.6 is 0 Å². The number of pyridine rings is 1. The predicted octanol–water partition coefficient (Wildman–Crippen LogP) is 3.22. The summed E-state index contributed by atoms with van der Waals surface area (Å²) in [6.45, 7) is 3.36. The summed E-state index contributed by atoms with van der Waals surface area (Å²) in [7, 11) is -3.69. The largest absolute Gasteiger partial charge is 0.349 e. The Hall–Kier alpha value is -3.07. The topological polar surface area (TPSA) is 82.6 Å². The Morgan fingerprint density at radius 3 is 2.49 bits per heavy atom. The number of sulfonamides is 1. The zero-order chi connectivity index (χ0) is 24.3. The van der Waals surface area contributed by atoms with Gasteiger partial charge in [-0.1, -0.05) is 36.4 Å². The summed E-state index contributed by atoms with van der Waals surface area (Å²) < 4.78 is 28.2. The van der Waals surface area contributed by atoms with Crippen molar-refractivity contribution in [2.75, 3.05) is 19.6 Å². The molecule has 0 bridgehead atoms. The molecular weight excluding hydrogens is 460 g/mol. The van der Waals surface area contributed by atoms with E-state index in [-0.39, 0.29) is 16.8 Å². The first kappa shape index (κ1) is 23.7. The molecule has 1 fully saturated rings. The summed E-state index contributed by atoms with van der Waals surface area (Å²) in [5.74, 6) is -0.228. The summed E-state index contributed by atoms with van der Waals surface area (Å²) >= 11 is 0. The van der Waals surface area contributed by atoms with E-state index in [0.29, 0.717) is 25.1 Å². The van der Waals surface area contributed by atoms with Gasteiger partial charge in [-0.2, -0.15) is 4.31 Å². The number of piperidine rings is 1. The summed E-state index contributed by atoms with van der Waals surface area (Å²) in [5.41, 5.74) is 3.65. The van der Waals surface area contributed by atoms with E-state index in [1.165, 1.54) is 15.9 Å². The van der Waals surface area contributed by atoms with Crippen molar-refractivity contribution < 1.29 is 13.2 Å². The maximum Gasteiger partial charge on any atom is 0.251 e. The molecule has 35 heavy (non-hydrogen) atoms. The molecule has 2 aliphatic rings. The van der Waals surface area contributed by atoms with E-state index in [9.17, 15) is 13.2 Å². The van der Waals surface area contributed by atoms with Crippen LogP contribution in [0.4, 0.5) is 0 Å². The lowest BCUT2D eigenvalue weighted by Gasteiger charge is -2.32. The summed E-state index contributed by atoms with van der Waals surface area (Å²) in [5, 5.41) is 3.10. The zero-order valence-electron chi connectivity index (χ0n) is 19.6. The van der Waals surface area contributed by atoms with Gasteiger partial charge in [0.1, 0.15) is 0 Å². The monoisotopic (exact) mass is 490 g/mol. The van der Waals surface area contributed by atoms with Crippen molar-refractivity contribution in [3.8, 4) is 0 Å². The summed E-state index contributed by atoms with van der Waals surface area (Å²) in [6.07, 6.45) is 4.20. The molecule has 2 aliphatic heterocycles. The molecule has 1 saturated heterocycles. The van der Waals surface area contributed by atoms with Crippen LogP contribution in [0.25, 0.3) is 0 Å². The highest BCUT2D eigenvalue weighted by molar-refractivity contribution is 7.89. The molecule has 0 unspecified atom stereocenters. The molecule has 182 valence electrons. The second-order valence-corrected chi connectivity index (χ2v) is 11.2. The number of benzene rings is 2. The normalized spacial score (nSPS) is 17.6. The van der Waals surface area contributed by atoms with Crippen molar-refractivity contribution in [1.82, 2.24) is 19.5 Å². The third-order valence-electron chi connectivity index (χ3n) is 6.86.